The molecule has 5 nitrogen and oxygen atoms in total. The lowest BCUT2D eigenvalue weighted by molar-refractivity contribution is -0.120. The van der Waals surface area contributed by atoms with Crippen LogP contribution in [0, 0.1) is 6.92 Å². The molecular formula is C26H23ClN2O3. The molecule has 1 N–H and O–H groups in total. The van der Waals surface area contributed by atoms with Crippen LogP contribution in [0.15, 0.2) is 78.5 Å². The Kier molecular flexibility index (Phi) is 6.01. The van der Waals surface area contributed by atoms with Gasteiger partial charge in [-0.2, -0.15) is 0 Å². The summed E-state index contributed by atoms with van der Waals surface area (Å²) in [5.74, 6) is -0.0926. The van der Waals surface area contributed by atoms with E-state index in [0.717, 1.165) is 5.56 Å². The molecule has 0 aliphatic carbocycles. The summed E-state index contributed by atoms with van der Waals surface area (Å²) in [6.07, 6.45) is 0.0356. The lowest BCUT2D eigenvalue weighted by Gasteiger charge is -2.15. The molecule has 1 aliphatic heterocycles. The number of aryl methyl sites for hydroxylation is 1. The second kappa shape index (κ2) is 8.89. The highest BCUT2D eigenvalue weighted by molar-refractivity contribution is 6.46. The van der Waals surface area contributed by atoms with Gasteiger partial charge in [0.2, 0.25) is 0 Å². The monoisotopic (exact) mass is 446 g/mol. The van der Waals surface area contributed by atoms with Crippen LogP contribution in [0.5, 0.6) is 5.75 Å². The van der Waals surface area contributed by atoms with Crippen molar-refractivity contribution in [2.24, 2.45) is 0 Å². The Morgan fingerprint density at radius 2 is 1.59 bits per heavy atom. The number of carbonyl (C=O) groups is 2. The van der Waals surface area contributed by atoms with Gasteiger partial charge in [-0.25, -0.2) is 4.90 Å². The Morgan fingerprint density at radius 3 is 2.22 bits per heavy atom. The predicted octanol–water partition coefficient (Wildman–Crippen LogP) is 5.83. The van der Waals surface area contributed by atoms with Crippen molar-refractivity contribution >= 4 is 40.4 Å². The molecule has 0 unspecified atom stereocenters. The van der Waals surface area contributed by atoms with Gasteiger partial charge in [0.05, 0.1) is 17.4 Å². The van der Waals surface area contributed by atoms with Gasteiger partial charge in [0, 0.05) is 10.7 Å². The summed E-state index contributed by atoms with van der Waals surface area (Å²) in [6.45, 7) is 5.79. The molecule has 0 aromatic heterocycles. The molecule has 0 atom stereocenters. The largest absolute Gasteiger partial charge is 0.491 e. The van der Waals surface area contributed by atoms with E-state index >= 15 is 0 Å². The van der Waals surface area contributed by atoms with Gasteiger partial charge in [0.15, 0.2) is 0 Å². The smallest absolute Gasteiger partial charge is 0.282 e. The Morgan fingerprint density at radius 1 is 0.906 bits per heavy atom. The van der Waals surface area contributed by atoms with Gasteiger partial charge in [0.25, 0.3) is 11.8 Å². The minimum absolute atomic E-state index is 0.0356. The van der Waals surface area contributed by atoms with Crippen LogP contribution in [0.4, 0.5) is 11.4 Å². The summed E-state index contributed by atoms with van der Waals surface area (Å²) in [7, 11) is 0. The molecule has 0 radical (unpaired) electrons. The Balaban J connectivity index is 1.79. The number of ether oxygens (including phenoxy) is 1. The van der Waals surface area contributed by atoms with Crippen LogP contribution in [0.25, 0.3) is 5.57 Å². The van der Waals surface area contributed by atoms with Crippen molar-refractivity contribution in [3.05, 3.63) is 94.6 Å². The number of anilines is 2. The number of hydrogen-bond donors (Lipinski definition) is 1. The Hall–Kier alpha value is -3.57. The third-order valence-corrected chi connectivity index (χ3v) is 5.30. The zero-order valence-electron chi connectivity index (χ0n) is 18.1. The predicted molar refractivity (Wildman–Crippen MR) is 128 cm³/mol. The number of carbonyl (C=O) groups excluding carboxylic acids is 2. The minimum Gasteiger partial charge on any atom is -0.491 e. The quantitative estimate of drug-likeness (QED) is 0.484. The number of rotatable bonds is 6. The van der Waals surface area contributed by atoms with Crippen molar-refractivity contribution in [1.29, 1.82) is 0 Å². The number of hydrogen-bond acceptors (Lipinski definition) is 4. The molecule has 0 saturated heterocycles. The first-order valence-electron chi connectivity index (χ1n) is 10.3. The van der Waals surface area contributed by atoms with Crippen molar-refractivity contribution in [3.63, 3.8) is 0 Å². The maximum Gasteiger partial charge on any atom is 0.282 e. The highest BCUT2D eigenvalue weighted by atomic mass is 35.5. The van der Waals surface area contributed by atoms with Crippen LogP contribution in [0.1, 0.15) is 25.0 Å². The standard InChI is InChI=1S/C26H23ClN2O3/c1-16(2)32-21-12-9-18(10-13-21)23-24(28-22-14-11-19(27)15-17(22)3)26(31)29(25(23)30)20-7-5-4-6-8-20/h4-16,28H,1-3H3. The Labute approximate surface area is 192 Å². The molecule has 0 saturated carbocycles. The highest BCUT2D eigenvalue weighted by Crippen LogP contribution is 2.35. The van der Waals surface area contributed by atoms with E-state index in [1.807, 2.05) is 26.8 Å². The number of imide groups is 1. The van der Waals surface area contributed by atoms with Gasteiger partial charge < -0.3 is 10.1 Å². The average Bonchev–Trinajstić information content (AvgIpc) is 3.00. The summed E-state index contributed by atoms with van der Waals surface area (Å²) in [6, 6.07) is 21.4. The molecule has 0 fully saturated rings. The van der Waals surface area contributed by atoms with E-state index in [2.05, 4.69) is 5.32 Å². The summed E-state index contributed by atoms with van der Waals surface area (Å²) < 4.78 is 5.71. The van der Waals surface area contributed by atoms with Gasteiger partial charge in [-0.1, -0.05) is 41.9 Å². The van der Waals surface area contributed by atoms with Crippen LogP contribution < -0.4 is 15.0 Å². The third kappa shape index (κ3) is 4.25. The van der Waals surface area contributed by atoms with Gasteiger partial charge in [-0.05, 0) is 74.4 Å². The molecule has 32 heavy (non-hydrogen) atoms. The fourth-order valence-electron chi connectivity index (χ4n) is 3.60. The third-order valence-electron chi connectivity index (χ3n) is 5.06. The summed E-state index contributed by atoms with van der Waals surface area (Å²) >= 11 is 6.08. The molecule has 0 bridgehead atoms. The van der Waals surface area contributed by atoms with E-state index in [1.54, 1.807) is 66.7 Å². The normalized spacial score (nSPS) is 13.8. The number of nitrogens with zero attached hydrogens (tertiary/aromatic N) is 1. The molecule has 3 aromatic rings. The van der Waals surface area contributed by atoms with Gasteiger partial charge in [-0.3, -0.25) is 9.59 Å². The van der Waals surface area contributed by atoms with Gasteiger partial charge >= 0.3 is 0 Å². The van der Waals surface area contributed by atoms with Gasteiger partial charge in [-0.15, -0.1) is 0 Å². The fraction of sp³-hybridized carbons (Fsp3) is 0.154. The molecule has 0 spiro atoms. The molecule has 2 amide bonds. The second-order valence-corrected chi connectivity index (χ2v) is 8.24. The first kappa shape index (κ1) is 21.7. The number of amides is 2. The first-order chi connectivity index (χ1) is 15.3. The van der Waals surface area contributed by atoms with E-state index in [0.29, 0.717) is 33.3 Å². The maximum atomic E-state index is 13.5. The van der Waals surface area contributed by atoms with Crippen LogP contribution in [0.2, 0.25) is 5.02 Å². The lowest BCUT2D eigenvalue weighted by atomic mass is 10.0. The number of nitrogens with one attached hydrogen (secondary N) is 1. The van der Waals surface area contributed by atoms with E-state index < -0.39 is 5.91 Å². The zero-order valence-corrected chi connectivity index (χ0v) is 18.8. The van der Waals surface area contributed by atoms with E-state index in [1.165, 1.54) is 4.90 Å². The highest BCUT2D eigenvalue weighted by Gasteiger charge is 2.40. The fourth-order valence-corrected chi connectivity index (χ4v) is 3.83. The van der Waals surface area contributed by atoms with Crippen LogP contribution >= 0.6 is 11.6 Å². The number of para-hydroxylation sites is 1. The average molecular weight is 447 g/mol. The lowest BCUT2D eigenvalue weighted by Crippen LogP contribution is -2.32. The molecule has 1 aliphatic rings. The summed E-state index contributed by atoms with van der Waals surface area (Å²) in [4.78, 5) is 28.1. The minimum atomic E-state index is -0.409. The molecule has 3 aromatic carbocycles. The molecule has 162 valence electrons. The summed E-state index contributed by atoms with van der Waals surface area (Å²) in [5, 5.41) is 3.79. The van der Waals surface area contributed by atoms with Crippen LogP contribution in [0.3, 0.4) is 0 Å². The molecular weight excluding hydrogens is 424 g/mol. The first-order valence-corrected chi connectivity index (χ1v) is 10.7. The molecule has 6 heteroatoms. The van der Waals surface area contributed by atoms with Crippen molar-refractivity contribution in [2.75, 3.05) is 10.2 Å². The van der Waals surface area contributed by atoms with E-state index in [-0.39, 0.29) is 17.7 Å². The van der Waals surface area contributed by atoms with Crippen LogP contribution in [-0.2, 0) is 9.59 Å². The Bertz CT molecular complexity index is 1200. The van der Waals surface area contributed by atoms with E-state index in [4.69, 9.17) is 16.3 Å². The van der Waals surface area contributed by atoms with Crippen molar-refractivity contribution in [2.45, 2.75) is 26.9 Å². The maximum absolute atomic E-state index is 13.5. The van der Waals surface area contributed by atoms with Crippen molar-refractivity contribution in [3.8, 4) is 5.75 Å². The summed E-state index contributed by atoms with van der Waals surface area (Å²) in [5.41, 5.74) is 3.25. The zero-order chi connectivity index (χ0) is 22.8. The van der Waals surface area contributed by atoms with Gasteiger partial charge in [0.1, 0.15) is 11.4 Å². The van der Waals surface area contributed by atoms with Crippen molar-refractivity contribution in [1.82, 2.24) is 0 Å². The SMILES string of the molecule is Cc1cc(Cl)ccc1NC1=C(c2ccc(OC(C)C)cc2)C(=O)N(c2ccccc2)C1=O. The number of halogens is 1. The second-order valence-electron chi connectivity index (χ2n) is 7.81. The van der Waals surface area contributed by atoms with Crippen LogP contribution in [-0.4, -0.2) is 17.9 Å². The molecule has 4 rings (SSSR count). The van der Waals surface area contributed by atoms with Crippen molar-refractivity contribution < 1.29 is 14.3 Å². The number of benzene rings is 3. The molecule has 1 heterocycles. The topological polar surface area (TPSA) is 58.6 Å². The van der Waals surface area contributed by atoms with E-state index in [9.17, 15) is 9.59 Å².